The lowest BCUT2D eigenvalue weighted by Gasteiger charge is -2.06. The largest absolute Gasteiger partial charge is 0.355 e. The number of aromatic amines is 1. The zero-order valence-electron chi connectivity index (χ0n) is 13.2. The van der Waals surface area contributed by atoms with Crippen molar-refractivity contribution < 1.29 is 13.2 Å². The molecule has 3 aromatic rings. The molecule has 0 spiro atoms. The molecule has 0 saturated carbocycles. The molecule has 1 heterocycles. The van der Waals surface area contributed by atoms with Crippen molar-refractivity contribution in [2.24, 2.45) is 0 Å². The van der Waals surface area contributed by atoms with Crippen LogP contribution in [0.25, 0.3) is 11.0 Å². The van der Waals surface area contributed by atoms with E-state index in [-0.39, 0.29) is 4.90 Å². The van der Waals surface area contributed by atoms with Crippen LogP contribution in [0.2, 0.25) is 5.02 Å². The van der Waals surface area contributed by atoms with E-state index in [1.54, 1.807) is 0 Å². The number of nitrogens with one attached hydrogen (secondary N) is 2. The van der Waals surface area contributed by atoms with Crippen LogP contribution in [0.3, 0.4) is 0 Å². The SMILES string of the molecule is O=C(CS(=O)(=O)c1ccc(Cl)cc1)NCCc1nc2ccccc2[nH]1. The normalized spacial score (nSPS) is 11.6. The first-order chi connectivity index (χ1) is 11.9. The van der Waals surface area contributed by atoms with Crippen LogP contribution in [0.4, 0.5) is 0 Å². The molecule has 0 radical (unpaired) electrons. The summed E-state index contributed by atoms with van der Waals surface area (Å²) in [6.45, 7) is 0.300. The maximum Gasteiger partial charge on any atom is 0.235 e. The van der Waals surface area contributed by atoms with Crippen LogP contribution in [0.1, 0.15) is 5.82 Å². The third-order valence-electron chi connectivity index (χ3n) is 3.62. The van der Waals surface area contributed by atoms with Gasteiger partial charge in [0, 0.05) is 18.0 Å². The molecule has 0 aliphatic rings. The number of hydrogen-bond acceptors (Lipinski definition) is 4. The summed E-state index contributed by atoms with van der Waals surface area (Å²) in [5, 5.41) is 3.05. The van der Waals surface area contributed by atoms with Crippen LogP contribution in [-0.2, 0) is 21.1 Å². The van der Waals surface area contributed by atoms with Gasteiger partial charge in [-0.3, -0.25) is 4.79 Å². The summed E-state index contributed by atoms with van der Waals surface area (Å²) in [4.78, 5) is 19.5. The van der Waals surface area contributed by atoms with Crippen LogP contribution >= 0.6 is 11.6 Å². The summed E-state index contributed by atoms with van der Waals surface area (Å²) in [5.41, 5.74) is 1.78. The lowest BCUT2D eigenvalue weighted by atomic mass is 10.3. The van der Waals surface area contributed by atoms with E-state index in [1.807, 2.05) is 24.3 Å². The van der Waals surface area contributed by atoms with Crippen molar-refractivity contribution >= 4 is 38.4 Å². The highest BCUT2D eigenvalue weighted by Gasteiger charge is 2.19. The van der Waals surface area contributed by atoms with E-state index in [4.69, 9.17) is 11.6 Å². The van der Waals surface area contributed by atoms with Gasteiger partial charge in [0.25, 0.3) is 0 Å². The Morgan fingerprint density at radius 1 is 1.12 bits per heavy atom. The van der Waals surface area contributed by atoms with Crippen molar-refractivity contribution in [1.29, 1.82) is 0 Å². The number of rotatable bonds is 6. The molecule has 2 aromatic carbocycles. The number of carbonyl (C=O) groups excluding carboxylic acids is 1. The smallest absolute Gasteiger partial charge is 0.235 e. The molecule has 1 aromatic heterocycles. The maximum absolute atomic E-state index is 12.2. The predicted octanol–water partition coefficient (Wildman–Crippen LogP) is 2.35. The van der Waals surface area contributed by atoms with Crippen LogP contribution < -0.4 is 5.32 Å². The summed E-state index contributed by atoms with van der Waals surface area (Å²) in [6.07, 6.45) is 0.488. The van der Waals surface area contributed by atoms with Gasteiger partial charge in [0.05, 0.1) is 15.9 Å². The molecule has 0 bridgehead atoms. The number of halogens is 1. The number of hydrogen-bond donors (Lipinski definition) is 2. The highest BCUT2D eigenvalue weighted by Crippen LogP contribution is 2.15. The lowest BCUT2D eigenvalue weighted by Crippen LogP contribution is -2.32. The Balaban J connectivity index is 1.54. The second kappa shape index (κ2) is 7.25. The van der Waals surface area contributed by atoms with Crippen LogP contribution in [0.15, 0.2) is 53.4 Å². The number of para-hydroxylation sites is 2. The number of amides is 1. The Labute approximate surface area is 150 Å². The molecule has 0 aliphatic carbocycles. The standard InChI is InChI=1S/C17H16ClN3O3S/c18-12-5-7-13(8-6-12)25(23,24)11-17(22)19-10-9-16-20-14-3-1-2-4-15(14)21-16/h1-8H,9-11H2,(H,19,22)(H,20,21). The lowest BCUT2D eigenvalue weighted by molar-refractivity contribution is -0.118. The van der Waals surface area contributed by atoms with Gasteiger partial charge >= 0.3 is 0 Å². The van der Waals surface area contributed by atoms with Crippen molar-refractivity contribution in [3.63, 3.8) is 0 Å². The van der Waals surface area contributed by atoms with Crippen molar-refractivity contribution in [2.45, 2.75) is 11.3 Å². The number of imidazole rings is 1. The first-order valence-corrected chi connectivity index (χ1v) is 9.66. The number of carbonyl (C=O) groups is 1. The van der Waals surface area contributed by atoms with Gasteiger partial charge in [-0.05, 0) is 36.4 Å². The average Bonchev–Trinajstić information content (AvgIpc) is 2.97. The molecule has 130 valence electrons. The van der Waals surface area contributed by atoms with E-state index < -0.39 is 21.5 Å². The first-order valence-electron chi connectivity index (χ1n) is 7.63. The van der Waals surface area contributed by atoms with Crippen LogP contribution in [0.5, 0.6) is 0 Å². The minimum absolute atomic E-state index is 0.0735. The van der Waals surface area contributed by atoms with Crippen molar-refractivity contribution in [3.05, 3.63) is 59.4 Å². The van der Waals surface area contributed by atoms with Gasteiger partial charge in [0.1, 0.15) is 11.6 Å². The summed E-state index contributed by atoms with van der Waals surface area (Å²) in [6, 6.07) is 13.4. The van der Waals surface area contributed by atoms with E-state index >= 15 is 0 Å². The Hall–Kier alpha value is -2.38. The first kappa shape index (κ1) is 17.4. The maximum atomic E-state index is 12.2. The monoisotopic (exact) mass is 377 g/mol. The molecule has 6 nitrogen and oxygen atoms in total. The molecular weight excluding hydrogens is 362 g/mol. The highest BCUT2D eigenvalue weighted by atomic mass is 35.5. The molecular formula is C17H16ClN3O3S. The topological polar surface area (TPSA) is 91.9 Å². The molecule has 0 unspecified atom stereocenters. The number of fused-ring (bicyclic) bond motifs is 1. The Morgan fingerprint density at radius 2 is 1.84 bits per heavy atom. The molecule has 3 rings (SSSR count). The number of H-pyrrole nitrogens is 1. The zero-order valence-corrected chi connectivity index (χ0v) is 14.8. The molecule has 2 N–H and O–H groups in total. The van der Waals surface area contributed by atoms with E-state index in [2.05, 4.69) is 15.3 Å². The number of sulfone groups is 1. The van der Waals surface area contributed by atoms with Gasteiger partial charge in [-0.15, -0.1) is 0 Å². The predicted molar refractivity (Wildman–Crippen MR) is 96.3 cm³/mol. The molecule has 0 atom stereocenters. The third kappa shape index (κ3) is 4.37. The molecule has 1 amide bonds. The molecule has 0 fully saturated rings. The van der Waals surface area contributed by atoms with Gasteiger partial charge < -0.3 is 10.3 Å². The molecule has 8 heteroatoms. The van der Waals surface area contributed by atoms with E-state index in [9.17, 15) is 13.2 Å². The quantitative estimate of drug-likeness (QED) is 0.689. The van der Waals surface area contributed by atoms with Crippen LogP contribution in [-0.4, -0.2) is 36.6 Å². The summed E-state index contributed by atoms with van der Waals surface area (Å²) in [7, 11) is -3.69. The number of nitrogens with zero attached hydrogens (tertiary/aromatic N) is 1. The summed E-state index contributed by atoms with van der Waals surface area (Å²) in [5.74, 6) is -0.414. The Kier molecular flexibility index (Phi) is 5.06. The van der Waals surface area contributed by atoms with Gasteiger partial charge in [0.15, 0.2) is 9.84 Å². The minimum atomic E-state index is -3.69. The molecule has 0 aliphatic heterocycles. The second-order valence-corrected chi connectivity index (χ2v) is 7.94. The fourth-order valence-electron chi connectivity index (χ4n) is 2.39. The zero-order chi connectivity index (χ0) is 17.9. The van der Waals surface area contributed by atoms with Gasteiger partial charge in [-0.1, -0.05) is 23.7 Å². The van der Waals surface area contributed by atoms with Gasteiger partial charge in [-0.2, -0.15) is 0 Å². The average molecular weight is 378 g/mol. The number of benzene rings is 2. The van der Waals surface area contributed by atoms with Gasteiger partial charge in [0.2, 0.25) is 5.91 Å². The van der Waals surface area contributed by atoms with E-state index in [0.29, 0.717) is 18.0 Å². The van der Waals surface area contributed by atoms with Crippen LogP contribution in [0, 0.1) is 0 Å². The third-order valence-corrected chi connectivity index (χ3v) is 5.50. The second-order valence-electron chi connectivity index (χ2n) is 5.51. The van der Waals surface area contributed by atoms with Crippen molar-refractivity contribution in [2.75, 3.05) is 12.3 Å². The molecule has 25 heavy (non-hydrogen) atoms. The Bertz CT molecular complexity index is 964. The molecule has 0 saturated heterocycles. The summed E-state index contributed by atoms with van der Waals surface area (Å²) >= 11 is 5.74. The minimum Gasteiger partial charge on any atom is -0.355 e. The van der Waals surface area contributed by atoms with Gasteiger partial charge in [-0.25, -0.2) is 13.4 Å². The van der Waals surface area contributed by atoms with E-state index in [0.717, 1.165) is 16.9 Å². The summed E-state index contributed by atoms with van der Waals surface area (Å²) < 4.78 is 24.4. The van der Waals surface area contributed by atoms with E-state index in [1.165, 1.54) is 24.3 Å². The fourth-order valence-corrected chi connectivity index (χ4v) is 3.68. The Morgan fingerprint density at radius 3 is 2.56 bits per heavy atom. The number of aromatic nitrogens is 2. The van der Waals surface area contributed by atoms with Crippen molar-refractivity contribution in [1.82, 2.24) is 15.3 Å². The highest BCUT2D eigenvalue weighted by molar-refractivity contribution is 7.92. The fraction of sp³-hybridized carbons (Fsp3) is 0.176. The van der Waals surface area contributed by atoms with Crippen molar-refractivity contribution in [3.8, 4) is 0 Å².